The summed E-state index contributed by atoms with van der Waals surface area (Å²) in [5.74, 6) is 0.939. The van der Waals surface area contributed by atoms with Crippen molar-refractivity contribution in [3.63, 3.8) is 0 Å². The van der Waals surface area contributed by atoms with Gasteiger partial charge in [0.15, 0.2) is 0 Å². The van der Waals surface area contributed by atoms with Gasteiger partial charge in [-0.15, -0.1) is 0 Å². The van der Waals surface area contributed by atoms with Crippen molar-refractivity contribution in [2.75, 3.05) is 25.0 Å². The molecule has 5 rings (SSSR count). The maximum Gasteiger partial charge on any atom is 0.248 e. The van der Waals surface area contributed by atoms with Crippen LogP contribution in [0.1, 0.15) is 23.2 Å². The van der Waals surface area contributed by atoms with Gasteiger partial charge in [0.05, 0.1) is 17.4 Å². The molecule has 0 spiro atoms. The molecule has 0 radical (unpaired) electrons. The molecule has 0 aliphatic carbocycles. The van der Waals surface area contributed by atoms with Crippen LogP contribution < -0.4 is 10.6 Å². The van der Waals surface area contributed by atoms with Crippen molar-refractivity contribution < 1.29 is 4.79 Å². The highest BCUT2D eigenvalue weighted by atomic mass is 16.1. The second kappa shape index (κ2) is 8.59. The van der Waals surface area contributed by atoms with Gasteiger partial charge in [0.25, 0.3) is 0 Å². The second-order valence-corrected chi connectivity index (χ2v) is 8.51. The van der Waals surface area contributed by atoms with Crippen LogP contribution in [0.15, 0.2) is 55.1 Å². The molecule has 4 aromatic rings. The largest absolute Gasteiger partial charge is 0.366 e. The Balaban J connectivity index is 1.59. The number of carbonyl (C=O) groups excluding carboxylic acids is 1. The Morgan fingerprint density at radius 2 is 1.85 bits per heavy atom. The molecule has 1 fully saturated rings. The third kappa shape index (κ3) is 4.27. The molecule has 1 aliphatic rings. The number of anilines is 2. The fraction of sp³-hybridized carbons (Fsp3) is 0.292. The van der Waals surface area contributed by atoms with E-state index in [1.54, 1.807) is 29.2 Å². The lowest BCUT2D eigenvalue weighted by Crippen LogP contribution is -2.42. The number of carbonyl (C=O) groups is 1. The smallest absolute Gasteiger partial charge is 0.248 e. The molecule has 168 valence electrons. The van der Waals surface area contributed by atoms with Crippen LogP contribution in [-0.2, 0) is 7.05 Å². The lowest BCUT2D eigenvalue weighted by atomic mass is 10.0. The van der Waals surface area contributed by atoms with Crippen LogP contribution >= 0.6 is 0 Å². The van der Waals surface area contributed by atoms with Gasteiger partial charge in [-0.25, -0.2) is 15.0 Å². The van der Waals surface area contributed by atoms with Crippen LogP contribution in [-0.4, -0.2) is 61.7 Å². The molecule has 1 saturated heterocycles. The number of likely N-dealkylation sites (tertiary alicyclic amines) is 1. The zero-order chi connectivity index (χ0) is 22.9. The summed E-state index contributed by atoms with van der Waals surface area (Å²) in [7, 11) is 4.02. The molecule has 2 N–H and O–H groups in total. The van der Waals surface area contributed by atoms with Crippen molar-refractivity contribution in [2.24, 2.45) is 12.8 Å². The monoisotopic (exact) mass is 442 g/mol. The van der Waals surface area contributed by atoms with Crippen molar-refractivity contribution in [3.05, 3.63) is 60.7 Å². The SMILES string of the molecule is CN1CCC(N(c2cc(C(N)=O)ccn2)c2cc3nc(-c4cnn(C)c4)ccc3cn2)CC1. The van der Waals surface area contributed by atoms with Crippen LogP contribution in [0.3, 0.4) is 0 Å². The standard InChI is InChI=1S/C24H26N8O/c1-30-9-6-19(7-10-30)32(22-11-16(24(25)33)5-8-26-22)23-12-21-17(13-27-23)3-4-20(29-21)18-14-28-31(2)15-18/h3-5,8,11-15,19H,6-7,9-10H2,1-2H3,(H2,25,33). The van der Waals surface area contributed by atoms with Gasteiger partial charge < -0.3 is 15.5 Å². The van der Waals surface area contributed by atoms with Gasteiger partial charge in [-0.3, -0.25) is 9.48 Å². The van der Waals surface area contributed by atoms with Crippen molar-refractivity contribution in [1.29, 1.82) is 0 Å². The summed E-state index contributed by atoms with van der Waals surface area (Å²) < 4.78 is 1.76. The van der Waals surface area contributed by atoms with Crippen molar-refractivity contribution >= 4 is 28.4 Å². The summed E-state index contributed by atoms with van der Waals surface area (Å²) in [6.07, 6.45) is 9.13. The number of nitrogens with two attached hydrogens (primary N) is 1. The highest BCUT2D eigenvalue weighted by Crippen LogP contribution is 2.31. The number of piperidine rings is 1. The van der Waals surface area contributed by atoms with Crippen LogP contribution in [0.2, 0.25) is 0 Å². The first kappa shape index (κ1) is 21.0. The first-order valence-corrected chi connectivity index (χ1v) is 11.0. The van der Waals surface area contributed by atoms with Crippen LogP contribution in [0.5, 0.6) is 0 Å². The maximum atomic E-state index is 11.8. The van der Waals surface area contributed by atoms with Crippen LogP contribution in [0.25, 0.3) is 22.2 Å². The number of primary amides is 1. The Bertz CT molecular complexity index is 1310. The lowest BCUT2D eigenvalue weighted by molar-refractivity contribution is 0.1000. The summed E-state index contributed by atoms with van der Waals surface area (Å²) in [6.45, 7) is 1.96. The first-order valence-electron chi connectivity index (χ1n) is 11.0. The van der Waals surface area contributed by atoms with E-state index in [2.05, 4.69) is 26.9 Å². The Morgan fingerprint density at radius 1 is 1.06 bits per heavy atom. The van der Waals surface area contributed by atoms with Gasteiger partial charge in [0.2, 0.25) is 5.91 Å². The van der Waals surface area contributed by atoms with Crippen LogP contribution in [0, 0.1) is 0 Å². The molecular weight excluding hydrogens is 416 g/mol. The number of nitrogens with zero attached hydrogens (tertiary/aromatic N) is 7. The van der Waals surface area contributed by atoms with E-state index < -0.39 is 5.91 Å². The minimum atomic E-state index is -0.476. The van der Waals surface area contributed by atoms with Gasteiger partial charge in [0, 0.05) is 54.3 Å². The zero-order valence-corrected chi connectivity index (χ0v) is 18.7. The number of hydrogen-bond donors (Lipinski definition) is 1. The summed E-state index contributed by atoms with van der Waals surface area (Å²) in [5.41, 5.74) is 8.62. The highest BCUT2D eigenvalue weighted by molar-refractivity contribution is 5.93. The van der Waals surface area contributed by atoms with Crippen molar-refractivity contribution in [1.82, 2.24) is 29.6 Å². The Kier molecular flexibility index (Phi) is 5.47. The van der Waals surface area contributed by atoms with E-state index in [-0.39, 0.29) is 6.04 Å². The van der Waals surface area contributed by atoms with Gasteiger partial charge in [-0.2, -0.15) is 5.10 Å². The highest BCUT2D eigenvalue weighted by Gasteiger charge is 2.27. The van der Waals surface area contributed by atoms with E-state index >= 15 is 0 Å². The molecule has 9 heteroatoms. The third-order valence-corrected chi connectivity index (χ3v) is 6.14. The van der Waals surface area contributed by atoms with E-state index in [0.29, 0.717) is 11.4 Å². The molecule has 0 aromatic carbocycles. The minimum absolute atomic E-state index is 0.197. The molecule has 0 atom stereocenters. The van der Waals surface area contributed by atoms with E-state index in [0.717, 1.165) is 53.9 Å². The maximum absolute atomic E-state index is 11.8. The average molecular weight is 443 g/mol. The Labute approximate surface area is 191 Å². The molecule has 0 saturated carbocycles. The molecule has 4 aromatic heterocycles. The Hall–Kier alpha value is -3.85. The second-order valence-electron chi connectivity index (χ2n) is 8.51. The summed E-state index contributed by atoms with van der Waals surface area (Å²) in [6, 6.07) is 9.57. The number of amides is 1. The third-order valence-electron chi connectivity index (χ3n) is 6.14. The molecule has 9 nitrogen and oxygen atoms in total. The van der Waals surface area contributed by atoms with Gasteiger partial charge in [-0.1, -0.05) is 0 Å². The van der Waals surface area contributed by atoms with E-state index in [4.69, 9.17) is 15.7 Å². The molecular formula is C24H26N8O. The molecule has 1 amide bonds. The fourth-order valence-electron chi connectivity index (χ4n) is 4.30. The van der Waals surface area contributed by atoms with Gasteiger partial charge in [-0.05, 0) is 57.2 Å². The predicted octanol–water partition coefficient (Wildman–Crippen LogP) is 2.76. The average Bonchev–Trinajstić information content (AvgIpc) is 3.26. The first-order chi connectivity index (χ1) is 16.0. The summed E-state index contributed by atoms with van der Waals surface area (Å²) in [5, 5.41) is 5.21. The van der Waals surface area contributed by atoms with Crippen molar-refractivity contribution in [2.45, 2.75) is 18.9 Å². The van der Waals surface area contributed by atoms with E-state index in [1.807, 2.05) is 37.6 Å². The van der Waals surface area contributed by atoms with Gasteiger partial charge in [0.1, 0.15) is 11.6 Å². The number of aryl methyl sites for hydroxylation is 1. The van der Waals surface area contributed by atoms with Gasteiger partial charge >= 0.3 is 0 Å². The van der Waals surface area contributed by atoms with Crippen molar-refractivity contribution in [3.8, 4) is 11.3 Å². The minimum Gasteiger partial charge on any atom is -0.366 e. The molecule has 0 bridgehead atoms. The topological polar surface area (TPSA) is 106 Å². The quantitative estimate of drug-likeness (QED) is 0.506. The predicted molar refractivity (Wildman–Crippen MR) is 127 cm³/mol. The number of aromatic nitrogens is 5. The number of rotatable bonds is 5. The van der Waals surface area contributed by atoms with E-state index in [1.165, 1.54) is 0 Å². The van der Waals surface area contributed by atoms with Crippen LogP contribution in [0.4, 0.5) is 11.6 Å². The fourth-order valence-corrected chi connectivity index (χ4v) is 4.30. The molecule has 5 heterocycles. The summed E-state index contributed by atoms with van der Waals surface area (Å²) >= 11 is 0. The number of pyridine rings is 3. The summed E-state index contributed by atoms with van der Waals surface area (Å²) in [4.78, 5) is 30.5. The molecule has 0 unspecified atom stereocenters. The number of fused-ring (bicyclic) bond motifs is 1. The zero-order valence-electron chi connectivity index (χ0n) is 18.7. The number of hydrogen-bond acceptors (Lipinski definition) is 7. The lowest BCUT2D eigenvalue weighted by Gasteiger charge is -2.37. The normalized spacial score (nSPS) is 15.1. The van der Waals surface area contributed by atoms with E-state index in [9.17, 15) is 4.79 Å². The molecule has 33 heavy (non-hydrogen) atoms. The Morgan fingerprint density at radius 3 is 2.58 bits per heavy atom. The molecule has 1 aliphatic heterocycles.